The lowest BCUT2D eigenvalue weighted by atomic mass is 9.98. The molecule has 1 aromatic heterocycles. The van der Waals surface area contributed by atoms with E-state index in [-0.39, 0.29) is 0 Å². The summed E-state index contributed by atoms with van der Waals surface area (Å²) in [5.74, 6) is 1.77. The average Bonchev–Trinajstić information content (AvgIpc) is 2.80. The number of nitrogens with zero attached hydrogens (tertiary/aromatic N) is 3. The van der Waals surface area contributed by atoms with E-state index in [1.807, 2.05) is 0 Å². The van der Waals surface area contributed by atoms with Crippen molar-refractivity contribution in [2.24, 2.45) is 0 Å². The van der Waals surface area contributed by atoms with Gasteiger partial charge in [0.15, 0.2) is 0 Å². The third-order valence-corrected chi connectivity index (χ3v) is 4.72. The van der Waals surface area contributed by atoms with Crippen LogP contribution in [0.1, 0.15) is 31.6 Å². The molecule has 2 unspecified atom stereocenters. The van der Waals surface area contributed by atoms with Gasteiger partial charge in [-0.1, -0.05) is 12.1 Å². The second kappa shape index (κ2) is 5.74. The summed E-state index contributed by atoms with van der Waals surface area (Å²) in [5, 5.41) is 0. The first-order valence-corrected chi connectivity index (χ1v) is 7.96. The topological polar surface area (TPSA) is 21.1 Å². The Morgan fingerprint density at radius 2 is 2.15 bits per heavy atom. The van der Waals surface area contributed by atoms with Crippen LogP contribution in [0, 0.1) is 0 Å². The number of hydrogen-bond acceptors (Lipinski definition) is 2. The fourth-order valence-corrected chi connectivity index (χ4v) is 3.43. The van der Waals surface area contributed by atoms with Crippen molar-refractivity contribution in [3.63, 3.8) is 0 Å². The Labute approximate surface area is 125 Å². The Morgan fingerprint density at radius 1 is 1.35 bits per heavy atom. The Balaban J connectivity index is 2.02. The molecule has 2 heterocycles. The molecule has 2 aromatic rings. The van der Waals surface area contributed by atoms with E-state index >= 15 is 0 Å². The van der Waals surface area contributed by atoms with Crippen molar-refractivity contribution in [3.05, 3.63) is 30.1 Å². The maximum Gasteiger partial charge on any atom is 0.111 e. The SMILES string of the molecule is CC1CC(n2c(CCCl)nc3ccccc32)CCN1C. The number of para-hydroxylation sites is 2. The van der Waals surface area contributed by atoms with E-state index in [2.05, 4.69) is 47.7 Å². The van der Waals surface area contributed by atoms with Crippen molar-refractivity contribution >= 4 is 22.6 Å². The lowest BCUT2D eigenvalue weighted by molar-refractivity contribution is 0.157. The maximum absolute atomic E-state index is 5.96. The second-order valence-electron chi connectivity index (χ2n) is 5.83. The van der Waals surface area contributed by atoms with Crippen LogP contribution in [0.15, 0.2) is 24.3 Å². The number of alkyl halides is 1. The number of fused-ring (bicyclic) bond motifs is 1. The molecule has 1 aromatic carbocycles. The van der Waals surface area contributed by atoms with Crippen molar-refractivity contribution < 1.29 is 0 Å². The van der Waals surface area contributed by atoms with Gasteiger partial charge in [-0.2, -0.15) is 0 Å². The van der Waals surface area contributed by atoms with Crippen LogP contribution < -0.4 is 0 Å². The highest BCUT2D eigenvalue weighted by Crippen LogP contribution is 2.31. The summed E-state index contributed by atoms with van der Waals surface area (Å²) in [5.41, 5.74) is 2.36. The molecule has 3 nitrogen and oxygen atoms in total. The first-order valence-electron chi connectivity index (χ1n) is 7.42. The number of imidazole rings is 1. The van der Waals surface area contributed by atoms with Gasteiger partial charge in [0.1, 0.15) is 5.82 Å². The number of benzene rings is 1. The maximum atomic E-state index is 5.96. The molecule has 0 N–H and O–H groups in total. The van der Waals surface area contributed by atoms with E-state index in [9.17, 15) is 0 Å². The smallest absolute Gasteiger partial charge is 0.111 e. The number of aromatic nitrogens is 2. The third-order valence-electron chi connectivity index (χ3n) is 4.53. The number of hydrogen-bond donors (Lipinski definition) is 0. The van der Waals surface area contributed by atoms with Crippen LogP contribution in [0.2, 0.25) is 0 Å². The summed E-state index contributed by atoms with van der Waals surface area (Å²) >= 11 is 5.96. The van der Waals surface area contributed by atoms with Gasteiger partial charge in [-0.15, -0.1) is 11.6 Å². The van der Waals surface area contributed by atoms with Gasteiger partial charge in [0, 0.05) is 30.9 Å². The monoisotopic (exact) mass is 291 g/mol. The summed E-state index contributed by atoms with van der Waals surface area (Å²) in [6, 6.07) is 9.61. The van der Waals surface area contributed by atoms with Crippen molar-refractivity contribution in [2.45, 2.75) is 38.3 Å². The van der Waals surface area contributed by atoms with Crippen molar-refractivity contribution in [1.82, 2.24) is 14.5 Å². The van der Waals surface area contributed by atoms with E-state index in [1.165, 1.54) is 18.4 Å². The van der Waals surface area contributed by atoms with Crippen LogP contribution in [-0.4, -0.2) is 40.0 Å². The van der Waals surface area contributed by atoms with Gasteiger partial charge < -0.3 is 9.47 Å². The normalized spacial score (nSPS) is 24.4. The summed E-state index contributed by atoms with van der Waals surface area (Å²) in [4.78, 5) is 7.23. The molecule has 1 fully saturated rings. The van der Waals surface area contributed by atoms with Crippen LogP contribution in [-0.2, 0) is 6.42 Å². The Kier molecular flexibility index (Phi) is 3.99. The summed E-state index contributed by atoms with van der Waals surface area (Å²) < 4.78 is 2.45. The largest absolute Gasteiger partial charge is 0.325 e. The standard InChI is InChI=1S/C16H22ClN3/c1-12-11-13(8-10-19(12)2)20-15-6-4-3-5-14(15)18-16(20)7-9-17/h3-6,12-13H,7-11H2,1-2H3. The Hall–Kier alpha value is -1.06. The molecule has 20 heavy (non-hydrogen) atoms. The van der Waals surface area contributed by atoms with Crippen LogP contribution in [0.4, 0.5) is 0 Å². The van der Waals surface area contributed by atoms with E-state index in [0.717, 1.165) is 24.3 Å². The predicted molar refractivity (Wildman–Crippen MR) is 84.5 cm³/mol. The van der Waals surface area contributed by atoms with Gasteiger partial charge in [-0.3, -0.25) is 0 Å². The first-order chi connectivity index (χ1) is 9.70. The zero-order valence-electron chi connectivity index (χ0n) is 12.2. The van der Waals surface area contributed by atoms with Crippen LogP contribution >= 0.6 is 11.6 Å². The molecule has 0 radical (unpaired) electrons. The van der Waals surface area contributed by atoms with Gasteiger partial charge >= 0.3 is 0 Å². The van der Waals surface area contributed by atoms with Crippen LogP contribution in [0.3, 0.4) is 0 Å². The molecular formula is C16H22ClN3. The fraction of sp³-hybridized carbons (Fsp3) is 0.562. The van der Waals surface area contributed by atoms with Gasteiger partial charge in [0.25, 0.3) is 0 Å². The Morgan fingerprint density at radius 3 is 2.90 bits per heavy atom. The highest BCUT2D eigenvalue weighted by Gasteiger charge is 2.26. The molecule has 0 amide bonds. The number of halogens is 1. The average molecular weight is 292 g/mol. The zero-order chi connectivity index (χ0) is 14.1. The molecule has 0 aliphatic carbocycles. The Bertz CT molecular complexity index is 592. The predicted octanol–water partition coefficient (Wildman–Crippen LogP) is 3.47. The molecule has 3 rings (SSSR count). The molecular weight excluding hydrogens is 270 g/mol. The molecule has 1 aliphatic heterocycles. The summed E-state index contributed by atoms with van der Waals surface area (Å²) in [6.45, 7) is 3.46. The molecule has 2 atom stereocenters. The minimum absolute atomic E-state index is 0.548. The molecule has 4 heteroatoms. The van der Waals surface area contributed by atoms with Gasteiger partial charge in [-0.05, 0) is 38.9 Å². The van der Waals surface area contributed by atoms with E-state index in [0.29, 0.717) is 18.0 Å². The quantitative estimate of drug-likeness (QED) is 0.808. The lowest BCUT2D eigenvalue weighted by Gasteiger charge is -2.36. The number of likely N-dealkylation sites (tertiary alicyclic amines) is 1. The lowest BCUT2D eigenvalue weighted by Crippen LogP contribution is -2.38. The molecule has 1 saturated heterocycles. The third kappa shape index (κ3) is 2.45. The molecule has 1 aliphatic rings. The van der Waals surface area contributed by atoms with E-state index in [1.54, 1.807) is 0 Å². The van der Waals surface area contributed by atoms with Crippen molar-refractivity contribution in [1.29, 1.82) is 0 Å². The minimum atomic E-state index is 0.548. The highest BCUT2D eigenvalue weighted by atomic mass is 35.5. The first kappa shape index (κ1) is 13.9. The van der Waals surface area contributed by atoms with Crippen molar-refractivity contribution in [2.75, 3.05) is 19.5 Å². The molecule has 108 valence electrons. The van der Waals surface area contributed by atoms with Gasteiger partial charge in [0.2, 0.25) is 0 Å². The highest BCUT2D eigenvalue weighted by molar-refractivity contribution is 6.17. The number of piperidine rings is 1. The molecule has 0 bridgehead atoms. The number of rotatable bonds is 3. The molecule has 0 saturated carbocycles. The van der Waals surface area contributed by atoms with Crippen molar-refractivity contribution in [3.8, 4) is 0 Å². The number of aryl methyl sites for hydroxylation is 1. The minimum Gasteiger partial charge on any atom is -0.325 e. The van der Waals surface area contributed by atoms with Crippen LogP contribution in [0.25, 0.3) is 11.0 Å². The van der Waals surface area contributed by atoms with Gasteiger partial charge in [-0.25, -0.2) is 4.98 Å². The van der Waals surface area contributed by atoms with E-state index < -0.39 is 0 Å². The van der Waals surface area contributed by atoms with E-state index in [4.69, 9.17) is 16.6 Å². The summed E-state index contributed by atoms with van der Waals surface area (Å²) in [7, 11) is 2.21. The molecule has 0 spiro atoms. The summed E-state index contributed by atoms with van der Waals surface area (Å²) in [6.07, 6.45) is 3.22. The zero-order valence-corrected chi connectivity index (χ0v) is 13.0. The van der Waals surface area contributed by atoms with Gasteiger partial charge in [0.05, 0.1) is 11.0 Å². The fourth-order valence-electron chi connectivity index (χ4n) is 3.26. The van der Waals surface area contributed by atoms with Crippen LogP contribution in [0.5, 0.6) is 0 Å². The second-order valence-corrected chi connectivity index (χ2v) is 6.21.